The van der Waals surface area contributed by atoms with E-state index >= 15 is 0 Å². The van der Waals surface area contributed by atoms with E-state index in [2.05, 4.69) is 26.6 Å². The maximum Gasteiger partial charge on any atom is 0.338 e. The molecule has 28 heavy (non-hydrogen) atoms. The number of allylic oxidation sites excluding steroid dienone is 1. The molecule has 1 aliphatic heterocycles. The minimum Gasteiger partial charge on any atom is -0.489 e. The molecular weight excluding hydrogens is 424 g/mol. The molecule has 1 heterocycles. The van der Waals surface area contributed by atoms with Crippen molar-refractivity contribution in [1.29, 1.82) is 0 Å². The Morgan fingerprint density at radius 2 is 1.93 bits per heavy atom. The molecule has 1 atom stereocenters. The van der Waals surface area contributed by atoms with Crippen molar-refractivity contribution in [1.82, 2.24) is 10.6 Å². The lowest BCUT2D eigenvalue weighted by molar-refractivity contribution is -0.139. The minimum absolute atomic E-state index is 0.242. The number of ether oxygens (including phenoxy) is 2. The van der Waals surface area contributed by atoms with Gasteiger partial charge < -0.3 is 20.1 Å². The average molecular weight is 445 g/mol. The van der Waals surface area contributed by atoms with Gasteiger partial charge in [0, 0.05) is 15.7 Å². The predicted molar refractivity (Wildman–Crippen MR) is 109 cm³/mol. The summed E-state index contributed by atoms with van der Waals surface area (Å²) < 4.78 is 12.0. The van der Waals surface area contributed by atoms with Crippen LogP contribution >= 0.6 is 15.9 Å². The number of esters is 1. The fourth-order valence-corrected chi connectivity index (χ4v) is 3.40. The van der Waals surface area contributed by atoms with Gasteiger partial charge in [-0.1, -0.05) is 46.3 Å². The van der Waals surface area contributed by atoms with Gasteiger partial charge >= 0.3 is 12.0 Å². The summed E-state index contributed by atoms with van der Waals surface area (Å²) >= 11 is 3.46. The molecule has 6 nitrogen and oxygen atoms in total. The van der Waals surface area contributed by atoms with Crippen LogP contribution < -0.4 is 15.4 Å². The van der Waals surface area contributed by atoms with E-state index in [9.17, 15) is 9.59 Å². The Bertz CT molecular complexity index is 912. The number of nitrogens with one attached hydrogen (secondary N) is 2. The number of halogens is 1. The third-order valence-electron chi connectivity index (χ3n) is 4.28. The average Bonchev–Trinajstić information content (AvgIpc) is 2.67. The highest BCUT2D eigenvalue weighted by atomic mass is 79.9. The van der Waals surface area contributed by atoms with Crippen molar-refractivity contribution in [2.24, 2.45) is 0 Å². The summed E-state index contributed by atoms with van der Waals surface area (Å²) in [6, 6.07) is 14.2. The molecule has 0 bridgehead atoms. The number of carbonyl (C=O) groups is 2. The van der Waals surface area contributed by atoms with Gasteiger partial charge in [-0.3, -0.25) is 0 Å². The second-order valence-corrected chi connectivity index (χ2v) is 7.16. The molecular formula is C21H21BrN2O4. The summed E-state index contributed by atoms with van der Waals surface area (Å²) in [6.45, 7) is 4.03. The molecule has 2 N–H and O–H groups in total. The topological polar surface area (TPSA) is 76.7 Å². The molecule has 0 fully saturated rings. The number of benzene rings is 2. The number of urea groups is 1. The highest BCUT2D eigenvalue weighted by Gasteiger charge is 2.34. The second-order valence-electron chi connectivity index (χ2n) is 6.25. The molecule has 3 rings (SSSR count). The van der Waals surface area contributed by atoms with Crippen LogP contribution in [0.25, 0.3) is 0 Å². The smallest absolute Gasteiger partial charge is 0.338 e. The molecule has 0 aromatic heterocycles. The summed E-state index contributed by atoms with van der Waals surface area (Å²) in [5.41, 5.74) is 2.50. The van der Waals surface area contributed by atoms with Crippen LogP contribution in [0.4, 0.5) is 4.79 Å². The van der Waals surface area contributed by atoms with Crippen LogP contribution in [-0.2, 0) is 16.1 Å². The SMILES string of the molecule is CCOC(=O)C1=C(C)NC(=O)N[C@H]1c1cc(Br)ccc1OCc1ccccc1. The predicted octanol–water partition coefficient (Wildman–Crippen LogP) is 4.22. The molecule has 2 amide bonds. The van der Waals surface area contributed by atoms with Gasteiger partial charge in [0.25, 0.3) is 0 Å². The van der Waals surface area contributed by atoms with Crippen molar-refractivity contribution < 1.29 is 19.1 Å². The molecule has 0 saturated carbocycles. The highest BCUT2D eigenvalue weighted by molar-refractivity contribution is 9.10. The van der Waals surface area contributed by atoms with Gasteiger partial charge in [-0.25, -0.2) is 9.59 Å². The zero-order chi connectivity index (χ0) is 20.1. The van der Waals surface area contributed by atoms with E-state index in [1.807, 2.05) is 48.5 Å². The molecule has 0 spiro atoms. The third-order valence-corrected chi connectivity index (χ3v) is 4.78. The summed E-state index contributed by atoms with van der Waals surface area (Å²) in [4.78, 5) is 24.6. The van der Waals surface area contributed by atoms with E-state index in [4.69, 9.17) is 9.47 Å². The molecule has 0 aliphatic carbocycles. The van der Waals surface area contributed by atoms with Crippen LogP contribution in [-0.4, -0.2) is 18.6 Å². The first kappa shape index (κ1) is 19.9. The van der Waals surface area contributed by atoms with E-state index < -0.39 is 12.0 Å². The van der Waals surface area contributed by atoms with Gasteiger partial charge in [0.15, 0.2) is 0 Å². The van der Waals surface area contributed by atoms with Crippen LogP contribution in [0.1, 0.15) is 31.0 Å². The Morgan fingerprint density at radius 3 is 2.64 bits per heavy atom. The first-order chi connectivity index (χ1) is 13.5. The Kier molecular flexibility index (Phi) is 6.36. The van der Waals surface area contributed by atoms with Gasteiger partial charge in [-0.05, 0) is 37.6 Å². The van der Waals surface area contributed by atoms with E-state index in [1.165, 1.54) is 0 Å². The molecule has 2 aromatic carbocycles. The summed E-state index contributed by atoms with van der Waals surface area (Å²) in [7, 11) is 0. The first-order valence-electron chi connectivity index (χ1n) is 8.91. The monoisotopic (exact) mass is 444 g/mol. The molecule has 0 saturated heterocycles. The zero-order valence-corrected chi connectivity index (χ0v) is 17.2. The summed E-state index contributed by atoms with van der Waals surface area (Å²) in [6.07, 6.45) is 0. The molecule has 0 unspecified atom stereocenters. The van der Waals surface area contributed by atoms with Crippen molar-refractivity contribution in [3.8, 4) is 5.75 Å². The normalized spacial score (nSPS) is 16.2. The lowest BCUT2D eigenvalue weighted by Crippen LogP contribution is -2.45. The molecule has 1 aliphatic rings. The van der Waals surface area contributed by atoms with Crippen LogP contribution in [0.2, 0.25) is 0 Å². The van der Waals surface area contributed by atoms with Crippen molar-refractivity contribution in [3.63, 3.8) is 0 Å². The second kappa shape index (κ2) is 8.93. The number of hydrogen-bond donors (Lipinski definition) is 2. The number of hydrogen-bond acceptors (Lipinski definition) is 4. The lowest BCUT2D eigenvalue weighted by atomic mass is 9.95. The Morgan fingerprint density at radius 1 is 1.18 bits per heavy atom. The van der Waals surface area contributed by atoms with E-state index in [1.54, 1.807) is 13.8 Å². The Balaban J connectivity index is 1.97. The van der Waals surface area contributed by atoms with E-state index in [0.717, 1.165) is 10.0 Å². The Hall–Kier alpha value is -2.80. The third kappa shape index (κ3) is 4.54. The van der Waals surface area contributed by atoms with Crippen LogP contribution in [0.5, 0.6) is 5.75 Å². The lowest BCUT2D eigenvalue weighted by Gasteiger charge is -2.29. The molecule has 7 heteroatoms. The molecule has 2 aromatic rings. The van der Waals surface area contributed by atoms with Crippen LogP contribution in [0.15, 0.2) is 64.3 Å². The van der Waals surface area contributed by atoms with E-state index in [0.29, 0.717) is 29.2 Å². The van der Waals surface area contributed by atoms with Crippen molar-refractivity contribution >= 4 is 27.9 Å². The van der Waals surface area contributed by atoms with Gasteiger partial charge in [0.1, 0.15) is 12.4 Å². The van der Waals surface area contributed by atoms with Crippen LogP contribution in [0.3, 0.4) is 0 Å². The minimum atomic E-state index is -0.684. The van der Waals surface area contributed by atoms with Crippen molar-refractivity contribution in [2.75, 3.05) is 6.61 Å². The Labute approximate surface area is 172 Å². The van der Waals surface area contributed by atoms with Gasteiger partial charge in [0.2, 0.25) is 0 Å². The molecule has 146 valence electrons. The van der Waals surface area contributed by atoms with E-state index in [-0.39, 0.29) is 12.6 Å². The largest absolute Gasteiger partial charge is 0.489 e. The fraction of sp³-hybridized carbons (Fsp3) is 0.238. The van der Waals surface area contributed by atoms with Gasteiger partial charge in [0.05, 0.1) is 18.2 Å². The van der Waals surface area contributed by atoms with Gasteiger partial charge in [-0.15, -0.1) is 0 Å². The summed E-state index contributed by atoms with van der Waals surface area (Å²) in [5.74, 6) is 0.0975. The number of amides is 2. The number of rotatable bonds is 6. The van der Waals surface area contributed by atoms with Crippen LogP contribution in [0, 0.1) is 0 Å². The van der Waals surface area contributed by atoms with Gasteiger partial charge in [-0.2, -0.15) is 0 Å². The quantitative estimate of drug-likeness (QED) is 0.653. The highest BCUT2D eigenvalue weighted by Crippen LogP contribution is 2.35. The first-order valence-corrected chi connectivity index (χ1v) is 9.70. The fourth-order valence-electron chi connectivity index (χ4n) is 3.02. The maximum absolute atomic E-state index is 12.6. The molecule has 0 radical (unpaired) electrons. The van der Waals surface area contributed by atoms with Crippen molar-refractivity contribution in [2.45, 2.75) is 26.5 Å². The standard InChI is InChI=1S/C21H21BrN2O4/c1-3-27-20(25)18-13(2)23-21(26)24-19(18)16-11-15(22)9-10-17(16)28-12-14-7-5-4-6-8-14/h4-11,19H,3,12H2,1-2H3,(H2,23,24,26)/t19-/m0/s1. The van der Waals surface area contributed by atoms with Crippen molar-refractivity contribution in [3.05, 3.63) is 75.4 Å². The maximum atomic E-state index is 12.6. The number of carbonyl (C=O) groups excluding carboxylic acids is 2. The summed E-state index contributed by atoms with van der Waals surface area (Å²) in [5, 5.41) is 5.45. The zero-order valence-electron chi connectivity index (χ0n) is 15.6.